The first-order chi connectivity index (χ1) is 12.5. The Bertz CT molecular complexity index is 797. The van der Waals surface area contributed by atoms with Crippen LogP contribution in [0.15, 0.2) is 18.2 Å². The number of piperidine rings is 1. The first-order valence-electron chi connectivity index (χ1n) is 9.10. The lowest BCUT2D eigenvalue weighted by molar-refractivity contribution is 0.0646. The highest BCUT2D eigenvalue weighted by molar-refractivity contribution is 6.01. The molecule has 1 fully saturated rings. The van der Waals surface area contributed by atoms with Crippen LogP contribution in [0.5, 0.6) is 11.5 Å². The van der Waals surface area contributed by atoms with Gasteiger partial charge in [0.15, 0.2) is 11.5 Å². The number of hydrogen-bond donors (Lipinski definition) is 0. The number of aryl methyl sites for hydroxylation is 1. The highest BCUT2D eigenvalue weighted by atomic mass is 16.5. The van der Waals surface area contributed by atoms with Crippen LogP contribution in [0.25, 0.3) is 10.9 Å². The molecule has 2 aromatic rings. The normalized spacial score (nSPS) is 17.8. The van der Waals surface area contributed by atoms with Gasteiger partial charge in [-0.3, -0.25) is 4.79 Å². The summed E-state index contributed by atoms with van der Waals surface area (Å²) in [6, 6.07) is 5.77. The van der Waals surface area contributed by atoms with Gasteiger partial charge in [0, 0.05) is 32.1 Å². The van der Waals surface area contributed by atoms with Crippen molar-refractivity contribution in [2.75, 3.05) is 47.9 Å². The standard InChI is InChI=1S/C20H29N3O3/c1-21(2)12-14-7-6-10-23(13-14)20(24)17-11-15-16(22(17)3)8-9-18(25-4)19(15)26-5/h8-9,11,14H,6-7,10,12-13H2,1-5H3/t14-/m0/s1. The van der Waals surface area contributed by atoms with Crippen LogP contribution in [0.1, 0.15) is 23.3 Å². The Kier molecular flexibility index (Phi) is 5.41. The van der Waals surface area contributed by atoms with E-state index in [2.05, 4.69) is 19.0 Å². The van der Waals surface area contributed by atoms with Crippen molar-refractivity contribution in [1.82, 2.24) is 14.4 Å². The summed E-state index contributed by atoms with van der Waals surface area (Å²) in [6.45, 7) is 2.66. The molecule has 0 unspecified atom stereocenters. The fourth-order valence-electron chi connectivity index (χ4n) is 4.02. The number of fused-ring (bicyclic) bond motifs is 1. The zero-order valence-corrected chi connectivity index (χ0v) is 16.4. The van der Waals surface area contributed by atoms with E-state index in [0.29, 0.717) is 23.1 Å². The average Bonchev–Trinajstić information content (AvgIpc) is 2.96. The van der Waals surface area contributed by atoms with E-state index in [4.69, 9.17) is 9.47 Å². The maximum absolute atomic E-state index is 13.2. The molecule has 6 nitrogen and oxygen atoms in total. The Morgan fingerprint density at radius 1 is 1.27 bits per heavy atom. The third-order valence-electron chi connectivity index (χ3n) is 5.21. The van der Waals surface area contributed by atoms with Gasteiger partial charge in [-0.2, -0.15) is 0 Å². The van der Waals surface area contributed by atoms with Crippen LogP contribution in [0, 0.1) is 5.92 Å². The average molecular weight is 359 g/mol. The van der Waals surface area contributed by atoms with Crippen molar-refractivity contribution in [3.63, 3.8) is 0 Å². The van der Waals surface area contributed by atoms with E-state index >= 15 is 0 Å². The largest absolute Gasteiger partial charge is 0.493 e. The number of likely N-dealkylation sites (tertiary alicyclic amines) is 1. The predicted octanol–water partition coefficient (Wildman–Crippen LogP) is 2.61. The third kappa shape index (κ3) is 3.38. The monoisotopic (exact) mass is 359 g/mol. The molecule has 1 aliphatic rings. The molecule has 1 aromatic heterocycles. The van der Waals surface area contributed by atoms with E-state index in [9.17, 15) is 4.79 Å². The minimum atomic E-state index is 0.0909. The summed E-state index contributed by atoms with van der Waals surface area (Å²) in [6.07, 6.45) is 2.24. The second kappa shape index (κ2) is 7.58. The van der Waals surface area contributed by atoms with Crippen LogP contribution >= 0.6 is 0 Å². The molecule has 0 spiro atoms. The van der Waals surface area contributed by atoms with Gasteiger partial charge >= 0.3 is 0 Å². The second-order valence-corrected chi connectivity index (χ2v) is 7.34. The zero-order chi connectivity index (χ0) is 18.8. The highest BCUT2D eigenvalue weighted by Gasteiger charge is 2.27. The van der Waals surface area contributed by atoms with Crippen molar-refractivity contribution in [3.05, 3.63) is 23.9 Å². The summed E-state index contributed by atoms with van der Waals surface area (Å²) in [7, 11) is 9.36. The Balaban J connectivity index is 1.92. The predicted molar refractivity (Wildman–Crippen MR) is 103 cm³/mol. The maximum Gasteiger partial charge on any atom is 0.270 e. The molecule has 0 radical (unpaired) electrons. The summed E-state index contributed by atoms with van der Waals surface area (Å²) in [5, 5.41) is 0.902. The Hall–Kier alpha value is -2.21. The zero-order valence-electron chi connectivity index (χ0n) is 16.4. The molecule has 0 aliphatic carbocycles. The van der Waals surface area contributed by atoms with E-state index in [-0.39, 0.29) is 5.91 Å². The van der Waals surface area contributed by atoms with E-state index < -0.39 is 0 Å². The Morgan fingerprint density at radius 2 is 2.04 bits per heavy atom. The van der Waals surface area contributed by atoms with E-state index in [1.54, 1.807) is 14.2 Å². The van der Waals surface area contributed by atoms with E-state index in [1.807, 2.05) is 34.7 Å². The molecular formula is C20H29N3O3. The molecule has 0 bridgehead atoms. The summed E-state index contributed by atoms with van der Waals surface area (Å²) in [4.78, 5) is 17.4. The quantitative estimate of drug-likeness (QED) is 0.823. The number of carbonyl (C=O) groups excluding carboxylic acids is 1. The van der Waals surface area contributed by atoms with Crippen molar-refractivity contribution in [3.8, 4) is 11.5 Å². The lowest BCUT2D eigenvalue weighted by Gasteiger charge is -2.34. The van der Waals surface area contributed by atoms with Crippen LogP contribution in [-0.2, 0) is 7.05 Å². The van der Waals surface area contributed by atoms with Crippen molar-refractivity contribution >= 4 is 16.8 Å². The highest BCUT2D eigenvalue weighted by Crippen LogP contribution is 2.37. The summed E-state index contributed by atoms with van der Waals surface area (Å²) < 4.78 is 12.9. The number of rotatable bonds is 5. The maximum atomic E-state index is 13.2. The molecule has 142 valence electrons. The molecule has 1 saturated heterocycles. The first-order valence-corrected chi connectivity index (χ1v) is 9.10. The minimum Gasteiger partial charge on any atom is -0.493 e. The number of ether oxygens (including phenoxy) is 2. The Labute approximate surface area is 155 Å². The van der Waals surface area contributed by atoms with Crippen LogP contribution < -0.4 is 9.47 Å². The number of benzene rings is 1. The number of methoxy groups -OCH3 is 2. The summed E-state index contributed by atoms with van der Waals surface area (Å²) in [5.41, 5.74) is 1.66. The SMILES string of the molecule is COc1ccc2c(cc(C(=O)N3CCC[C@@H](CN(C)C)C3)n2C)c1OC. The third-order valence-corrected chi connectivity index (χ3v) is 5.21. The van der Waals surface area contributed by atoms with Crippen molar-refractivity contribution in [1.29, 1.82) is 0 Å². The van der Waals surface area contributed by atoms with Gasteiger partial charge in [0.05, 0.1) is 19.7 Å². The van der Waals surface area contributed by atoms with Crippen LogP contribution in [0.2, 0.25) is 0 Å². The summed E-state index contributed by atoms with van der Waals surface area (Å²) >= 11 is 0. The van der Waals surface area contributed by atoms with Gasteiger partial charge in [-0.25, -0.2) is 0 Å². The van der Waals surface area contributed by atoms with Gasteiger partial charge in [-0.15, -0.1) is 0 Å². The molecule has 1 aliphatic heterocycles. The first kappa shape index (κ1) is 18.6. The molecule has 1 amide bonds. The number of aromatic nitrogens is 1. The molecule has 1 aromatic carbocycles. The van der Waals surface area contributed by atoms with E-state index in [1.165, 1.54) is 6.42 Å². The van der Waals surface area contributed by atoms with Crippen LogP contribution in [0.3, 0.4) is 0 Å². The fraction of sp³-hybridized carbons (Fsp3) is 0.550. The molecule has 0 N–H and O–H groups in total. The van der Waals surface area contributed by atoms with Gasteiger partial charge in [0.2, 0.25) is 0 Å². The number of hydrogen-bond acceptors (Lipinski definition) is 4. The smallest absolute Gasteiger partial charge is 0.270 e. The van der Waals surface area contributed by atoms with Crippen molar-refractivity contribution in [2.24, 2.45) is 13.0 Å². The van der Waals surface area contributed by atoms with Gasteiger partial charge < -0.3 is 23.8 Å². The van der Waals surface area contributed by atoms with Gasteiger partial charge in [-0.05, 0) is 51.1 Å². The fourth-order valence-corrected chi connectivity index (χ4v) is 4.02. The number of amides is 1. The molecule has 2 heterocycles. The van der Waals surface area contributed by atoms with E-state index in [0.717, 1.165) is 37.0 Å². The van der Waals surface area contributed by atoms with Gasteiger partial charge in [0.1, 0.15) is 5.69 Å². The van der Waals surface area contributed by atoms with Gasteiger partial charge in [0.25, 0.3) is 5.91 Å². The lowest BCUT2D eigenvalue weighted by atomic mass is 9.97. The second-order valence-electron chi connectivity index (χ2n) is 7.34. The molecule has 1 atom stereocenters. The Morgan fingerprint density at radius 3 is 2.69 bits per heavy atom. The van der Waals surface area contributed by atoms with Gasteiger partial charge in [-0.1, -0.05) is 0 Å². The summed E-state index contributed by atoms with van der Waals surface area (Å²) in [5.74, 6) is 1.97. The topological polar surface area (TPSA) is 46.9 Å². The minimum absolute atomic E-state index is 0.0909. The van der Waals surface area contributed by atoms with Crippen molar-refractivity contribution in [2.45, 2.75) is 12.8 Å². The number of nitrogens with zero attached hydrogens (tertiary/aromatic N) is 3. The molecule has 3 rings (SSSR count). The molecule has 0 saturated carbocycles. The molecular weight excluding hydrogens is 330 g/mol. The van der Waals surface area contributed by atoms with Crippen molar-refractivity contribution < 1.29 is 14.3 Å². The molecule has 6 heteroatoms. The van der Waals surface area contributed by atoms with Crippen LogP contribution in [0.4, 0.5) is 0 Å². The van der Waals surface area contributed by atoms with Crippen LogP contribution in [-0.4, -0.2) is 68.2 Å². The number of carbonyl (C=O) groups is 1. The molecule has 26 heavy (non-hydrogen) atoms. The lowest BCUT2D eigenvalue weighted by Crippen LogP contribution is -2.43.